The van der Waals surface area contributed by atoms with Crippen LogP contribution in [0, 0.1) is 6.92 Å². The highest BCUT2D eigenvalue weighted by Gasteiger charge is 2.21. The van der Waals surface area contributed by atoms with Gasteiger partial charge >= 0.3 is 0 Å². The van der Waals surface area contributed by atoms with Gasteiger partial charge in [0.05, 0.1) is 15.4 Å². The van der Waals surface area contributed by atoms with Crippen molar-refractivity contribution in [3.05, 3.63) is 48.4 Å². The summed E-state index contributed by atoms with van der Waals surface area (Å²) in [6.45, 7) is 4.53. The molecule has 2 aromatic rings. The maximum atomic E-state index is 13.2. The van der Waals surface area contributed by atoms with E-state index in [4.69, 9.17) is 0 Å². The van der Waals surface area contributed by atoms with Gasteiger partial charge in [0.2, 0.25) is 0 Å². The highest BCUT2D eigenvalue weighted by Crippen LogP contribution is 2.23. The standard InChI is InChI=1S/C15H19N3OS/c1-4-12-18(15-13(2)16-10-11-17-15)20(3,19)14-8-6-5-7-9-14/h5-11H,3-4,12H2,1-2H3. The number of aromatic nitrogens is 2. The highest BCUT2D eigenvalue weighted by atomic mass is 32.2. The Morgan fingerprint density at radius 2 is 1.85 bits per heavy atom. The Balaban J connectivity index is 2.52. The maximum absolute atomic E-state index is 13.2. The molecule has 0 saturated heterocycles. The predicted molar refractivity (Wildman–Crippen MR) is 84.4 cm³/mol. The lowest BCUT2D eigenvalue weighted by Gasteiger charge is -2.28. The summed E-state index contributed by atoms with van der Waals surface area (Å²) in [7, 11) is -2.61. The molecule has 2 rings (SSSR count). The summed E-state index contributed by atoms with van der Waals surface area (Å²) in [5, 5.41) is 0. The lowest BCUT2D eigenvalue weighted by molar-refractivity contribution is 0.674. The molecule has 5 heteroatoms. The van der Waals surface area contributed by atoms with Crippen LogP contribution in [0.25, 0.3) is 0 Å². The molecule has 0 aliphatic heterocycles. The molecule has 0 bridgehead atoms. The molecular weight excluding hydrogens is 270 g/mol. The fourth-order valence-corrected chi connectivity index (χ4v) is 3.77. The van der Waals surface area contributed by atoms with Gasteiger partial charge in [-0.15, -0.1) is 0 Å². The molecule has 1 heterocycles. The van der Waals surface area contributed by atoms with Crippen molar-refractivity contribution < 1.29 is 4.21 Å². The number of rotatable bonds is 5. The average Bonchev–Trinajstić information content (AvgIpc) is 2.46. The van der Waals surface area contributed by atoms with Gasteiger partial charge in [0.15, 0.2) is 5.82 Å². The zero-order chi connectivity index (χ0) is 14.6. The van der Waals surface area contributed by atoms with Gasteiger partial charge in [-0.25, -0.2) is 9.19 Å². The second-order valence-corrected chi connectivity index (χ2v) is 6.71. The van der Waals surface area contributed by atoms with E-state index in [1.165, 1.54) is 0 Å². The van der Waals surface area contributed by atoms with Gasteiger partial charge in [-0.05, 0) is 31.3 Å². The molecule has 1 aromatic heterocycles. The SMILES string of the molecule is C=S(=O)(c1ccccc1)N(CCC)c1nccnc1C. The fourth-order valence-electron chi connectivity index (χ4n) is 2.00. The molecule has 0 N–H and O–H groups in total. The molecule has 0 radical (unpaired) electrons. The molecule has 0 aliphatic carbocycles. The highest BCUT2D eigenvalue weighted by molar-refractivity contribution is 8.01. The van der Waals surface area contributed by atoms with E-state index in [1.807, 2.05) is 44.2 Å². The van der Waals surface area contributed by atoms with Crippen LogP contribution < -0.4 is 4.31 Å². The van der Waals surface area contributed by atoms with E-state index in [-0.39, 0.29) is 0 Å². The number of hydrogen-bond acceptors (Lipinski definition) is 3. The summed E-state index contributed by atoms with van der Waals surface area (Å²) in [6, 6.07) is 9.31. The molecule has 1 unspecified atom stereocenters. The molecule has 20 heavy (non-hydrogen) atoms. The largest absolute Gasteiger partial charge is 0.278 e. The fraction of sp³-hybridized carbons (Fsp3) is 0.267. The predicted octanol–water partition coefficient (Wildman–Crippen LogP) is 2.69. The van der Waals surface area contributed by atoms with E-state index in [0.29, 0.717) is 17.3 Å². The quantitative estimate of drug-likeness (QED) is 0.795. The summed E-state index contributed by atoms with van der Waals surface area (Å²) in [6.07, 6.45) is 4.11. The molecule has 0 fully saturated rings. The van der Waals surface area contributed by atoms with Crippen molar-refractivity contribution in [3.8, 4) is 0 Å². The Hall–Kier alpha value is -1.88. The zero-order valence-corrected chi connectivity index (χ0v) is 12.6. The minimum atomic E-state index is -2.61. The van der Waals surface area contributed by atoms with E-state index in [1.54, 1.807) is 16.7 Å². The first-order valence-electron chi connectivity index (χ1n) is 6.55. The third kappa shape index (κ3) is 2.82. The van der Waals surface area contributed by atoms with Gasteiger partial charge in [-0.2, -0.15) is 0 Å². The van der Waals surface area contributed by atoms with Crippen molar-refractivity contribution in [2.75, 3.05) is 10.8 Å². The van der Waals surface area contributed by atoms with E-state index in [9.17, 15) is 4.21 Å². The minimum Gasteiger partial charge on any atom is -0.278 e. The zero-order valence-electron chi connectivity index (χ0n) is 11.8. The Morgan fingerprint density at radius 1 is 1.20 bits per heavy atom. The van der Waals surface area contributed by atoms with Crippen molar-refractivity contribution in [2.24, 2.45) is 0 Å². The molecule has 0 amide bonds. The van der Waals surface area contributed by atoms with Gasteiger partial charge in [-0.3, -0.25) is 9.29 Å². The molecule has 4 nitrogen and oxygen atoms in total. The summed E-state index contributed by atoms with van der Waals surface area (Å²) in [5.41, 5.74) is 0.758. The molecular formula is C15H19N3OS. The van der Waals surface area contributed by atoms with Crippen LogP contribution in [-0.4, -0.2) is 26.6 Å². The van der Waals surface area contributed by atoms with Crippen LogP contribution in [0.3, 0.4) is 0 Å². The number of nitrogens with zero attached hydrogens (tertiary/aromatic N) is 3. The Kier molecular flexibility index (Phi) is 4.39. The average molecular weight is 289 g/mol. The van der Waals surface area contributed by atoms with Gasteiger partial charge in [0.1, 0.15) is 0 Å². The monoisotopic (exact) mass is 289 g/mol. The molecule has 106 valence electrons. The number of anilines is 1. The first-order chi connectivity index (χ1) is 9.57. The molecule has 0 spiro atoms. The maximum Gasteiger partial charge on any atom is 0.161 e. The van der Waals surface area contributed by atoms with Crippen molar-refractivity contribution in [3.63, 3.8) is 0 Å². The van der Waals surface area contributed by atoms with Crippen LogP contribution in [0.4, 0.5) is 5.82 Å². The van der Waals surface area contributed by atoms with E-state index in [2.05, 4.69) is 15.8 Å². The smallest absolute Gasteiger partial charge is 0.161 e. The first kappa shape index (κ1) is 14.5. The number of aryl methyl sites for hydroxylation is 1. The summed E-state index contributed by atoms with van der Waals surface area (Å²) >= 11 is 0. The van der Waals surface area contributed by atoms with Crippen molar-refractivity contribution >= 4 is 21.4 Å². The van der Waals surface area contributed by atoms with Gasteiger partial charge in [-0.1, -0.05) is 25.1 Å². The van der Waals surface area contributed by atoms with Crippen LogP contribution >= 0.6 is 0 Å². The topological polar surface area (TPSA) is 46.1 Å². The lowest BCUT2D eigenvalue weighted by atomic mass is 10.4. The van der Waals surface area contributed by atoms with Crippen LogP contribution in [-0.2, 0) is 9.71 Å². The summed E-state index contributed by atoms with van der Waals surface area (Å²) in [4.78, 5) is 9.27. The second kappa shape index (κ2) is 6.05. The molecule has 1 atom stereocenters. The summed E-state index contributed by atoms with van der Waals surface area (Å²) < 4.78 is 14.9. The van der Waals surface area contributed by atoms with Crippen molar-refractivity contribution in [1.29, 1.82) is 0 Å². The third-order valence-corrected chi connectivity index (χ3v) is 5.06. The van der Waals surface area contributed by atoms with Gasteiger partial charge in [0.25, 0.3) is 0 Å². The number of hydrogen-bond donors (Lipinski definition) is 0. The first-order valence-corrected chi connectivity index (χ1v) is 8.23. The normalized spacial score (nSPS) is 13.7. The Labute approximate surface area is 120 Å². The Morgan fingerprint density at radius 3 is 2.45 bits per heavy atom. The second-order valence-electron chi connectivity index (χ2n) is 4.52. The van der Waals surface area contributed by atoms with Crippen LogP contribution in [0.2, 0.25) is 0 Å². The van der Waals surface area contributed by atoms with Crippen LogP contribution in [0.5, 0.6) is 0 Å². The molecule has 0 saturated carbocycles. The van der Waals surface area contributed by atoms with E-state index >= 15 is 0 Å². The lowest BCUT2D eigenvalue weighted by Crippen LogP contribution is -2.33. The summed E-state index contributed by atoms with van der Waals surface area (Å²) in [5.74, 6) is 4.60. The van der Waals surface area contributed by atoms with Gasteiger partial charge in [0, 0.05) is 23.8 Å². The Bertz CT molecular complexity index is 669. The number of benzene rings is 1. The molecule has 1 aromatic carbocycles. The van der Waals surface area contributed by atoms with Gasteiger partial charge < -0.3 is 0 Å². The minimum absolute atomic E-state index is 0.622. The van der Waals surface area contributed by atoms with Crippen molar-refractivity contribution in [1.82, 2.24) is 9.97 Å². The van der Waals surface area contributed by atoms with E-state index in [0.717, 1.165) is 12.1 Å². The van der Waals surface area contributed by atoms with E-state index < -0.39 is 9.71 Å². The van der Waals surface area contributed by atoms with Crippen LogP contribution in [0.15, 0.2) is 47.6 Å². The van der Waals surface area contributed by atoms with Crippen LogP contribution in [0.1, 0.15) is 19.0 Å². The third-order valence-electron chi connectivity index (χ3n) is 2.99. The molecule has 0 aliphatic rings. The van der Waals surface area contributed by atoms with Crippen molar-refractivity contribution in [2.45, 2.75) is 25.2 Å².